The molecule has 0 radical (unpaired) electrons. The van der Waals surface area contributed by atoms with Crippen LogP contribution in [0.1, 0.15) is 43.2 Å². The first-order chi connectivity index (χ1) is 23.3. The third kappa shape index (κ3) is 3.50. The standard InChI is InChI=1S/C46H37N/c1-2-10-31(11-3-1)36-12-5-8-16-43(36)47-44-17-9-6-14-39(44)40-27-32(19-21-45(40)47)33-18-20-38-37-13-4-7-15-41(37)46(42(38)28-33)34-23-29-22-30(25-34)26-35(46)24-29/h1-21,27-30,34-35H,22-26H2. The van der Waals surface area contributed by atoms with Crippen LogP contribution in [0.2, 0.25) is 0 Å². The fourth-order valence-electron chi connectivity index (χ4n) is 11.3. The lowest BCUT2D eigenvalue weighted by atomic mass is 9.43. The summed E-state index contributed by atoms with van der Waals surface area (Å²) in [4.78, 5) is 0. The number of para-hydroxylation sites is 2. The summed E-state index contributed by atoms with van der Waals surface area (Å²) >= 11 is 0. The molecular formula is C46H37N. The van der Waals surface area contributed by atoms with Crippen LogP contribution in [0.15, 0.2) is 140 Å². The first-order valence-corrected chi connectivity index (χ1v) is 17.7. The van der Waals surface area contributed by atoms with Crippen LogP contribution < -0.4 is 0 Å². The largest absolute Gasteiger partial charge is 0.309 e. The van der Waals surface area contributed by atoms with E-state index in [1.165, 1.54) is 93.0 Å². The van der Waals surface area contributed by atoms with Crippen LogP contribution in [-0.4, -0.2) is 4.57 Å². The van der Waals surface area contributed by atoms with Gasteiger partial charge in [-0.3, -0.25) is 0 Å². The molecule has 0 amide bonds. The number of benzene rings is 6. The molecule has 1 spiro atoms. The molecule has 5 aliphatic rings. The summed E-state index contributed by atoms with van der Waals surface area (Å²) in [5.74, 6) is 3.46. The zero-order valence-corrected chi connectivity index (χ0v) is 26.6. The van der Waals surface area contributed by atoms with Crippen molar-refractivity contribution in [3.8, 4) is 39.1 Å². The maximum Gasteiger partial charge on any atom is 0.0541 e. The quantitative estimate of drug-likeness (QED) is 0.189. The minimum absolute atomic E-state index is 0.191. The smallest absolute Gasteiger partial charge is 0.0541 e. The molecule has 1 aromatic heterocycles. The van der Waals surface area contributed by atoms with Crippen molar-refractivity contribution in [2.24, 2.45) is 23.7 Å². The average Bonchev–Trinajstić information content (AvgIpc) is 3.61. The number of nitrogens with zero attached hydrogens (tertiary/aromatic N) is 1. The summed E-state index contributed by atoms with van der Waals surface area (Å²) in [5.41, 5.74) is 15.3. The second-order valence-corrected chi connectivity index (χ2v) is 14.9. The van der Waals surface area contributed by atoms with Crippen LogP contribution in [0.5, 0.6) is 0 Å². The van der Waals surface area contributed by atoms with E-state index in [9.17, 15) is 0 Å². The Bertz CT molecular complexity index is 2340. The van der Waals surface area contributed by atoms with Crippen LogP contribution in [0.25, 0.3) is 60.9 Å². The Morgan fingerprint density at radius 1 is 0.426 bits per heavy atom. The van der Waals surface area contributed by atoms with Gasteiger partial charge in [0.25, 0.3) is 0 Å². The van der Waals surface area contributed by atoms with E-state index in [-0.39, 0.29) is 5.41 Å². The van der Waals surface area contributed by atoms with E-state index in [0.717, 1.165) is 23.7 Å². The second kappa shape index (κ2) is 9.58. The normalized spacial score (nSPS) is 25.1. The van der Waals surface area contributed by atoms with Gasteiger partial charge in [0.15, 0.2) is 0 Å². The van der Waals surface area contributed by atoms with Crippen LogP contribution >= 0.6 is 0 Å². The second-order valence-electron chi connectivity index (χ2n) is 14.9. The van der Waals surface area contributed by atoms with Crippen LogP contribution in [0.4, 0.5) is 0 Å². The van der Waals surface area contributed by atoms with E-state index in [0.29, 0.717) is 0 Å². The number of hydrogen-bond donors (Lipinski definition) is 0. The monoisotopic (exact) mass is 603 g/mol. The first kappa shape index (κ1) is 26.2. The van der Waals surface area contributed by atoms with Crippen molar-refractivity contribution in [3.05, 3.63) is 151 Å². The molecule has 12 rings (SSSR count). The van der Waals surface area contributed by atoms with Gasteiger partial charge in [0.05, 0.1) is 16.7 Å². The zero-order chi connectivity index (χ0) is 30.7. The van der Waals surface area contributed by atoms with Crippen LogP contribution in [0, 0.1) is 23.7 Å². The Hall–Kier alpha value is -4.88. The molecule has 7 aromatic rings. The SMILES string of the molecule is c1ccc(-c2ccccc2-n2c3ccccc3c3cc(-c4ccc5c(c4)C4(c6ccccc6-5)C5CC6CC(C5)CC4C6)ccc32)cc1. The van der Waals surface area contributed by atoms with Crippen molar-refractivity contribution < 1.29 is 0 Å². The van der Waals surface area contributed by atoms with Crippen molar-refractivity contribution in [2.45, 2.75) is 37.5 Å². The first-order valence-electron chi connectivity index (χ1n) is 17.7. The minimum atomic E-state index is 0.191. The summed E-state index contributed by atoms with van der Waals surface area (Å²) in [7, 11) is 0. The molecule has 0 saturated heterocycles. The van der Waals surface area contributed by atoms with Gasteiger partial charge in [-0.05, 0) is 125 Å². The molecule has 47 heavy (non-hydrogen) atoms. The maximum atomic E-state index is 2.63. The molecule has 226 valence electrons. The highest BCUT2D eigenvalue weighted by Crippen LogP contribution is 2.69. The molecule has 1 heterocycles. The van der Waals surface area contributed by atoms with Gasteiger partial charge in [0.2, 0.25) is 0 Å². The summed E-state index contributed by atoms with van der Waals surface area (Å²) < 4.78 is 2.47. The summed E-state index contributed by atoms with van der Waals surface area (Å²) in [6.45, 7) is 0. The van der Waals surface area contributed by atoms with Crippen molar-refractivity contribution in [1.82, 2.24) is 4.57 Å². The van der Waals surface area contributed by atoms with E-state index < -0.39 is 0 Å². The molecule has 4 saturated carbocycles. The van der Waals surface area contributed by atoms with Crippen molar-refractivity contribution in [1.29, 1.82) is 0 Å². The number of hydrogen-bond acceptors (Lipinski definition) is 0. The molecule has 0 aliphatic heterocycles. The third-order valence-electron chi connectivity index (χ3n) is 12.8. The lowest BCUT2D eigenvalue weighted by Gasteiger charge is -2.61. The van der Waals surface area contributed by atoms with Crippen molar-refractivity contribution >= 4 is 21.8 Å². The Labute approximate surface area is 276 Å². The van der Waals surface area contributed by atoms with Crippen molar-refractivity contribution in [3.63, 3.8) is 0 Å². The Kier molecular flexibility index (Phi) is 5.34. The molecule has 5 aliphatic carbocycles. The molecule has 0 atom stereocenters. The molecule has 0 N–H and O–H groups in total. The Morgan fingerprint density at radius 2 is 1.04 bits per heavy atom. The highest BCUT2D eigenvalue weighted by Gasteiger charge is 2.61. The molecule has 1 heteroatoms. The molecule has 1 nitrogen and oxygen atoms in total. The van der Waals surface area contributed by atoms with Gasteiger partial charge in [-0.1, -0.05) is 109 Å². The minimum Gasteiger partial charge on any atom is -0.309 e. The van der Waals surface area contributed by atoms with Gasteiger partial charge < -0.3 is 4.57 Å². The van der Waals surface area contributed by atoms with Gasteiger partial charge in [-0.15, -0.1) is 0 Å². The summed E-state index contributed by atoms with van der Waals surface area (Å²) in [6.07, 6.45) is 7.16. The van der Waals surface area contributed by atoms with Gasteiger partial charge >= 0.3 is 0 Å². The van der Waals surface area contributed by atoms with Crippen LogP contribution in [-0.2, 0) is 5.41 Å². The molecule has 4 bridgehead atoms. The molecular weight excluding hydrogens is 567 g/mol. The number of aromatic nitrogens is 1. The van der Waals surface area contributed by atoms with Gasteiger partial charge in [0.1, 0.15) is 0 Å². The lowest BCUT2D eigenvalue weighted by Crippen LogP contribution is -2.55. The van der Waals surface area contributed by atoms with E-state index in [1.807, 2.05) is 0 Å². The van der Waals surface area contributed by atoms with Gasteiger partial charge in [0, 0.05) is 21.8 Å². The highest BCUT2D eigenvalue weighted by molar-refractivity contribution is 6.11. The fourth-order valence-corrected chi connectivity index (χ4v) is 11.3. The third-order valence-corrected chi connectivity index (χ3v) is 12.8. The van der Waals surface area contributed by atoms with Crippen molar-refractivity contribution in [2.75, 3.05) is 0 Å². The molecule has 6 aromatic carbocycles. The Morgan fingerprint density at radius 3 is 1.87 bits per heavy atom. The van der Waals surface area contributed by atoms with E-state index in [4.69, 9.17) is 0 Å². The van der Waals surface area contributed by atoms with Gasteiger partial charge in [-0.25, -0.2) is 0 Å². The molecule has 0 unspecified atom stereocenters. The zero-order valence-electron chi connectivity index (χ0n) is 26.6. The van der Waals surface area contributed by atoms with E-state index in [1.54, 1.807) is 11.1 Å². The average molecular weight is 604 g/mol. The topological polar surface area (TPSA) is 4.93 Å². The lowest BCUT2D eigenvalue weighted by molar-refractivity contribution is -0.0399. The fraction of sp³-hybridized carbons (Fsp3) is 0.217. The highest BCUT2D eigenvalue weighted by atomic mass is 15.0. The number of rotatable bonds is 3. The summed E-state index contributed by atoms with van der Waals surface area (Å²) in [6, 6.07) is 52.7. The predicted molar refractivity (Wildman–Crippen MR) is 195 cm³/mol. The predicted octanol–water partition coefficient (Wildman–Crippen LogP) is 11.8. The van der Waals surface area contributed by atoms with E-state index >= 15 is 0 Å². The summed E-state index contributed by atoms with van der Waals surface area (Å²) in [5, 5.41) is 2.62. The van der Waals surface area contributed by atoms with E-state index in [2.05, 4.69) is 144 Å². The van der Waals surface area contributed by atoms with Crippen LogP contribution in [0.3, 0.4) is 0 Å². The Balaban J connectivity index is 1.10. The van der Waals surface area contributed by atoms with Gasteiger partial charge in [-0.2, -0.15) is 0 Å². The number of fused-ring (bicyclic) bond motifs is 6. The molecule has 4 fully saturated rings. The maximum absolute atomic E-state index is 2.63.